The number of sulfone groups is 1. The summed E-state index contributed by atoms with van der Waals surface area (Å²) < 4.78 is 35.2. The molecule has 2 aromatic rings. The van der Waals surface area contributed by atoms with Gasteiger partial charge in [0, 0.05) is 11.8 Å². The van der Waals surface area contributed by atoms with Crippen LogP contribution in [0.2, 0.25) is 0 Å². The minimum Gasteiger partial charge on any atom is -0.221 e. The SMILES string of the molecule is CS(=O)(=O)c1nncc(-c2ccc(F)cc2)n1. The minimum absolute atomic E-state index is 0.334. The van der Waals surface area contributed by atoms with Crippen molar-refractivity contribution in [3.05, 3.63) is 36.3 Å². The molecule has 1 heterocycles. The van der Waals surface area contributed by atoms with Gasteiger partial charge in [-0.3, -0.25) is 0 Å². The van der Waals surface area contributed by atoms with Crippen LogP contribution >= 0.6 is 0 Å². The molecule has 0 radical (unpaired) electrons. The van der Waals surface area contributed by atoms with Crippen molar-refractivity contribution in [3.8, 4) is 11.3 Å². The van der Waals surface area contributed by atoms with Gasteiger partial charge in [-0.2, -0.15) is 5.10 Å². The maximum atomic E-state index is 12.7. The van der Waals surface area contributed by atoms with E-state index in [4.69, 9.17) is 0 Å². The summed E-state index contributed by atoms with van der Waals surface area (Å²) in [4.78, 5) is 3.86. The number of halogens is 1. The van der Waals surface area contributed by atoms with E-state index in [1.807, 2.05) is 0 Å². The number of benzene rings is 1. The maximum absolute atomic E-state index is 12.7. The van der Waals surface area contributed by atoms with Crippen LogP contribution < -0.4 is 0 Å². The Balaban J connectivity index is 2.50. The van der Waals surface area contributed by atoms with E-state index < -0.39 is 9.84 Å². The van der Waals surface area contributed by atoms with Gasteiger partial charge >= 0.3 is 0 Å². The topological polar surface area (TPSA) is 72.8 Å². The van der Waals surface area contributed by atoms with E-state index in [9.17, 15) is 12.8 Å². The Bertz CT molecular complexity index is 641. The molecule has 0 aliphatic rings. The van der Waals surface area contributed by atoms with Gasteiger partial charge in [0.1, 0.15) is 5.82 Å². The third kappa shape index (κ3) is 2.62. The predicted molar refractivity (Wildman–Crippen MR) is 58.3 cm³/mol. The van der Waals surface area contributed by atoms with Crippen molar-refractivity contribution in [2.75, 3.05) is 6.26 Å². The molecule has 0 saturated carbocycles. The van der Waals surface area contributed by atoms with Gasteiger partial charge in [0.25, 0.3) is 5.16 Å². The second kappa shape index (κ2) is 4.17. The first-order valence-electron chi connectivity index (χ1n) is 4.62. The average molecular weight is 253 g/mol. The third-order valence-corrected chi connectivity index (χ3v) is 2.85. The van der Waals surface area contributed by atoms with Crippen molar-refractivity contribution >= 4 is 9.84 Å². The molecular formula is C10H8FN3O2S. The molecule has 88 valence electrons. The van der Waals surface area contributed by atoms with Crippen molar-refractivity contribution in [1.82, 2.24) is 15.2 Å². The number of aromatic nitrogens is 3. The molecular weight excluding hydrogens is 245 g/mol. The Labute approximate surface area is 97.3 Å². The van der Waals surface area contributed by atoms with Gasteiger partial charge in [-0.25, -0.2) is 17.8 Å². The highest BCUT2D eigenvalue weighted by Crippen LogP contribution is 2.16. The van der Waals surface area contributed by atoms with Crippen LogP contribution in [0.3, 0.4) is 0 Å². The Kier molecular flexibility index (Phi) is 2.84. The summed E-state index contributed by atoms with van der Waals surface area (Å²) in [5.74, 6) is -0.376. The van der Waals surface area contributed by atoms with E-state index in [1.54, 1.807) is 0 Å². The molecule has 2 rings (SSSR count). The lowest BCUT2D eigenvalue weighted by molar-refractivity contribution is 0.589. The molecule has 0 atom stereocenters. The standard InChI is InChI=1S/C10H8FN3O2S/c1-17(15,16)10-13-9(6-12-14-10)7-2-4-8(11)5-3-7/h2-6H,1H3. The summed E-state index contributed by atoms with van der Waals surface area (Å²) >= 11 is 0. The molecule has 0 N–H and O–H groups in total. The van der Waals surface area contributed by atoms with E-state index in [2.05, 4.69) is 15.2 Å². The zero-order chi connectivity index (χ0) is 12.5. The summed E-state index contributed by atoms with van der Waals surface area (Å²) in [6, 6.07) is 5.51. The highest BCUT2D eigenvalue weighted by atomic mass is 32.2. The van der Waals surface area contributed by atoms with Gasteiger partial charge in [0.2, 0.25) is 9.84 Å². The lowest BCUT2D eigenvalue weighted by atomic mass is 10.2. The van der Waals surface area contributed by atoms with Crippen LogP contribution in [0, 0.1) is 5.82 Å². The van der Waals surface area contributed by atoms with Gasteiger partial charge in [-0.05, 0) is 24.3 Å². The number of hydrogen-bond acceptors (Lipinski definition) is 5. The molecule has 0 aliphatic heterocycles. The Morgan fingerprint density at radius 3 is 2.41 bits per heavy atom. The first-order valence-corrected chi connectivity index (χ1v) is 6.52. The second-order valence-corrected chi connectivity index (χ2v) is 5.31. The molecule has 0 amide bonds. The highest BCUT2D eigenvalue weighted by molar-refractivity contribution is 7.90. The Morgan fingerprint density at radius 1 is 1.18 bits per heavy atom. The monoisotopic (exact) mass is 253 g/mol. The maximum Gasteiger partial charge on any atom is 0.267 e. The van der Waals surface area contributed by atoms with Crippen molar-refractivity contribution in [2.24, 2.45) is 0 Å². The molecule has 1 aromatic carbocycles. The van der Waals surface area contributed by atoms with E-state index in [1.165, 1.54) is 30.5 Å². The fourth-order valence-electron chi connectivity index (χ4n) is 1.20. The molecule has 17 heavy (non-hydrogen) atoms. The zero-order valence-corrected chi connectivity index (χ0v) is 9.65. The van der Waals surface area contributed by atoms with Gasteiger partial charge in [0.15, 0.2) is 0 Å². The summed E-state index contributed by atoms with van der Waals surface area (Å²) in [5.41, 5.74) is 0.909. The number of rotatable bonds is 2. The van der Waals surface area contributed by atoms with Crippen molar-refractivity contribution in [2.45, 2.75) is 5.16 Å². The first-order chi connectivity index (χ1) is 7.97. The first kappa shape index (κ1) is 11.6. The van der Waals surface area contributed by atoms with E-state index >= 15 is 0 Å². The lowest BCUT2D eigenvalue weighted by Gasteiger charge is -2.01. The zero-order valence-electron chi connectivity index (χ0n) is 8.83. The summed E-state index contributed by atoms with van der Waals surface area (Å²) in [5, 5.41) is 6.65. The Hall–Kier alpha value is -1.89. The van der Waals surface area contributed by atoms with E-state index in [0.717, 1.165) is 6.26 Å². The van der Waals surface area contributed by atoms with Crippen LogP contribution in [0.1, 0.15) is 0 Å². The van der Waals surface area contributed by atoms with Crippen molar-refractivity contribution in [1.29, 1.82) is 0 Å². The fraction of sp³-hybridized carbons (Fsp3) is 0.100. The molecule has 5 nitrogen and oxygen atoms in total. The molecule has 1 aromatic heterocycles. The van der Waals surface area contributed by atoms with Crippen LogP contribution in [0.15, 0.2) is 35.6 Å². The quantitative estimate of drug-likeness (QED) is 0.800. The molecule has 0 saturated heterocycles. The van der Waals surface area contributed by atoms with Crippen LogP contribution in [-0.4, -0.2) is 29.9 Å². The van der Waals surface area contributed by atoms with Gasteiger partial charge in [-0.15, -0.1) is 5.10 Å². The largest absolute Gasteiger partial charge is 0.267 e. The Morgan fingerprint density at radius 2 is 1.82 bits per heavy atom. The average Bonchev–Trinajstić information content (AvgIpc) is 2.29. The van der Waals surface area contributed by atoms with Gasteiger partial charge < -0.3 is 0 Å². The van der Waals surface area contributed by atoms with Crippen LogP contribution in [0.4, 0.5) is 4.39 Å². The second-order valence-electron chi connectivity index (χ2n) is 3.40. The van der Waals surface area contributed by atoms with Crippen molar-refractivity contribution < 1.29 is 12.8 Å². The molecule has 0 fully saturated rings. The molecule has 0 spiro atoms. The normalized spacial score (nSPS) is 11.4. The number of nitrogens with zero attached hydrogens (tertiary/aromatic N) is 3. The molecule has 0 bridgehead atoms. The highest BCUT2D eigenvalue weighted by Gasteiger charge is 2.13. The predicted octanol–water partition coefficient (Wildman–Crippen LogP) is 1.08. The van der Waals surface area contributed by atoms with Gasteiger partial charge in [-0.1, -0.05) is 0 Å². The van der Waals surface area contributed by atoms with E-state index in [-0.39, 0.29) is 11.0 Å². The fourth-order valence-corrected chi connectivity index (χ4v) is 1.66. The van der Waals surface area contributed by atoms with Gasteiger partial charge in [0.05, 0.1) is 11.9 Å². The van der Waals surface area contributed by atoms with Crippen LogP contribution in [0.25, 0.3) is 11.3 Å². The smallest absolute Gasteiger partial charge is 0.221 e. The van der Waals surface area contributed by atoms with Crippen LogP contribution in [-0.2, 0) is 9.84 Å². The summed E-state index contributed by atoms with van der Waals surface area (Å²) in [6.45, 7) is 0. The molecule has 0 unspecified atom stereocenters. The minimum atomic E-state index is -3.50. The van der Waals surface area contributed by atoms with E-state index in [0.29, 0.717) is 11.3 Å². The number of hydrogen-bond donors (Lipinski definition) is 0. The van der Waals surface area contributed by atoms with Crippen LogP contribution in [0.5, 0.6) is 0 Å². The van der Waals surface area contributed by atoms with Crippen molar-refractivity contribution in [3.63, 3.8) is 0 Å². The third-order valence-electron chi connectivity index (χ3n) is 2.01. The molecule has 7 heteroatoms. The molecule has 0 aliphatic carbocycles. The summed E-state index contributed by atoms with van der Waals surface area (Å²) in [6.07, 6.45) is 2.32. The summed E-state index contributed by atoms with van der Waals surface area (Å²) in [7, 11) is -3.50. The lowest BCUT2D eigenvalue weighted by Crippen LogP contribution is -2.06.